The van der Waals surface area contributed by atoms with E-state index in [2.05, 4.69) is 16.9 Å². The van der Waals surface area contributed by atoms with Gasteiger partial charge < -0.3 is 14.2 Å². The molecule has 3 rings (SSSR count). The molecular formula is C19H29N5O2. The van der Waals surface area contributed by atoms with Crippen molar-refractivity contribution in [2.24, 2.45) is 7.05 Å². The first-order valence-electron chi connectivity index (χ1n) is 9.33. The fraction of sp³-hybridized carbons (Fsp3) is 0.579. The number of aromatic nitrogens is 3. The Hall–Kier alpha value is -2.12. The van der Waals surface area contributed by atoms with Crippen LogP contribution >= 0.6 is 0 Å². The zero-order valence-electron chi connectivity index (χ0n) is 16.0. The van der Waals surface area contributed by atoms with Gasteiger partial charge in [0.15, 0.2) is 0 Å². The minimum absolute atomic E-state index is 0.0642. The first-order valence-corrected chi connectivity index (χ1v) is 9.33. The maximum atomic E-state index is 13.2. The lowest BCUT2D eigenvalue weighted by molar-refractivity contribution is 0.0371. The molecule has 7 heteroatoms. The summed E-state index contributed by atoms with van der Waals surface area (Å²) in [6.07, 6.45) is 7.76. The molecular weight excluding hydrogens is 330 g/mol. The SMILES string of the molecule is CCC[C@H]1CN(C(=O)c2cnn(C)c2-n2cccc2)CCN1CCOC. The molecule has 1 saturated heterocycles. The van der Waals surface area contributed by atoms with Crippen LogP contribution in [0.15, 0.2) is 30.7 Å². The molecule has 2 aromatic heterocycles. The summed E-state index contributed by atoms with van der Waals surface area (Å²) in [4.78, 5) is 17.6. The average Bonchev–Trinajstić information content (AvgIpc) is 3.29. The molecule has 1 amide bonds. The number of carbonyl (C=O) groups excluding carboxylic acids is 1. The van der Waals surface area contributed by atoms with Crippen LogP contribution in [-0.2, 0) is 11.8 Å². The molecule has 1 aliphatic heterocycles. The molecule has 3 heterocycles. The van der Waals surface area contributed by atoms with E-state index >= 15 is 0 Å². The van der Waals surface area contributed by atoms with E-state index in [-0.39, 0.29) is 5.91 Å². The summed E-state index contributed by atoms with van der Waals surface area (Å²) >= 11 is 0. The summed E-state index contributed by atoms with van der Waals surface area (Å²) < 4.78 is 8.94. The average molecular weight is 359 g/mol. The number of methoxy groups -OCH3 is 1. The van der Waals surface area contributed by atoms with Crippen LogP contribution in [0.2, 0.25) is 0 Å². The number of ether oxygens (including phenoxy) is 1. The molecule has 0 aliphatic carbocycles. The second-order valence-corrected chi connectivity index (χ2v) is 6.82. The van der Waals surface area contributed by atoms with Crippen molar-refractivity contribution in [2.45, 2.75) is 25.8 Å². The van der Waals surface area contributed by atoms with E-state index in [9.17, 15) is 4.79 Å². The topological polar surface area (TPSA) is 55.5 Å². The van der Waals surface area contributed by atoms with E-state index in [1.54, 1.807) is 18.0 Å². The Bertz CT molecular complexity index is 710. The first-order chi connectivity index (χ1) is 12.7. The summed E-state index contributed by atoms with van der Waals surface area (Å²) in [7, 11) is 3.61. The van der Waals surface area contributed by atoms with Crippen LogP contribution in [0.1, 0.15) is 30.1 Å². The Morgan fingerprint density at radius 1 is 1.31 bits per heavy atom. The number of rotatable bonds is 7. The number of aryl methyl sites for hydroxylation is 1. The molecule has 2 aromatic rings. The number of carbonyl (C=O) groups is 1. The monoisotopic (exact) mass is 359 g/mol. The molecule has 0 saturated carbocycles. The molecule has 0 N–H and O–H groups in total. The molecule has 0 aromatic carbocycles. The van der Waals surface area contributed by atoms with E-state index < -0.39 is 0 Å². The highest BCUT2D eigenvalue weighted by Crippen LogP contribution is 2.20. The van der Waals surface area contributed by atoms with Crippen LogP contribution in [0, 0.1) is 0 Å². The van der Waals surface area contributed by atoms with Gasteiger partial charge in [0.2, 0.25) is 0 Å². The maximum absolute atomic E-state index is 13.2. The molecule has 142 valence electrons. The Balaban J connectivity index is 1.77. The predicted molar refractivity (Wildman–Crippen MR) is 101 cm³/mol. The molecule has 7 nitrogen and oxygen atoms in total. The molecule has 0 unspecified atom stereocenters. The summed E-state index contributed by atoms with van der Waals surface area (Å²) in [5.41, 5.74) is 0.657. The normalized spacial score (nSPS) is 18.4. The first kappa shape index (κ1) is 18.7. The van der Waals surface area contributed by atoms with Gasteiger partial charge in [0.05, 0.1) is 12.8 Å². The molecule has 1 atom stereocenters. The van der Waals surface area contributed by atoms with Gasteiger partial charge in [-0.2, -0.15) is 5.10 Å². The van der Waals surface area contributed by atoms with Crippen LogP contribution in [-0.4, -0.2) is 76.0 Å². The van der Waals surface area contributed by atoms with Gasteiger partial charge in [-0.15, -0.1) is 0 Å². The Morgan fingerprint density at radius 2 is 2.08 bits per heavy atom. The van der Waals surface area contributed by atoms with Gasteiger partial charge >= 0.3 is 0 Å². The molecule has 1 aliphatic rings. The van der Waals surface area contributed by atoms with Crippen molar-refractivity contribution in [1.82, 2.24) is 24.1 Å². The van der Waals surface area contributed by atoms with Gasteiger partial charge in [-0.25, -0.2) is 0 Å². The molecule has 0 spiro atoms. The number of hydrogen-bond acceptors (Lipinski definition) is 4. The minimum Gasteiger partial charge on any atom is -0.383 e. The van der Waals surface area contributed by atoms with Crippen molar-refractivity contribution in [2.75, 3.05) is 39.9 Å². The molecule has 1 fully saturated rings. The van der Waals surface area contributed by atoms with Crippen molar-refractivity contribution in [1.29, 1.82) is 0 Å². The third-order valence-corrected chi connectivity index (χ3v) is 5.08. The van der Waals surface area contributed by atoms with Crippen molar-refractivity contribution in [3.63, 3.8) is 0 Å². The largest absolute Gasteiger partial charge is 0.383 e. The van der Waals surface area contributed by atoms with Crippen molar-refractivity contribution in [3.8, 4) is 5.82 Å². The van der Waals surface area contributed by atoms with E-state index in [4.69, 9.17) is 4.74 Å². The van der Waals surface area contributed by atoms with Crippen molar-refractivity contribution < 1.29 is 9.53 Å². The van der Waals surface area contributed by atoms with Crippen LogP contribution in [0.4, 0.5) is 0 Å². The summed E-state index contributed by atoms with van der Waals surface area (Å²) in [5, 5.41) is 4.32. The lowest BCUT2D eigenvalue weighted by Gasteiger charge is -2.41. The highest BCUT2D eigenvalue weighted by atomic mass is 16.5. The van der Waals surface area contributed by atoms with E-state index in [0.29, 0.717) is 11.6 Å². The number of amides is 1. The van der Waals surface area contributed by atoms with Gasteiger partial charge in [-0.1, -0.05) is 13.3 Å². The number of piperazine rings is 1. The fourth-order valence-corrected chi connectivity index (χ4v) is 3.72. The molecule has 26 heavy (non-hydrogen) atoms. The standard InChI is InChI=1S/C19H29N5O2/c1-4-7-16-15-24(11-10-22(16)12-13-26-3)19(25)17-14-20-21(2)18(17)23-8-5-6-9-23/h5-6,8-9,14,16H,4,7,10-13,15H2,1-3H3/t16-/m0/s1. The van der Waals surface area contributed by atoms with E-state index in [1.165, 1.54) is 0 Å². The van der Waals surface area contributed by atoms with Gasteiger partial charge in [0, 0.05) is 58.8 Å². The van der Waals surface area contributed by atoms with Gasteiger partial charge in [-0.05, 0) is 18.6 Å². The Morgan fingerprint density at radius 3 is 2.77 bits per heavy atom. The van der Waals surface area contributed by atoms with Gasteiger partial charge in [0.1, 0.15) is 11.4 Å². The summed E-state index contributed by atoms with van der Waals surface area (Å²) in [5.74, 6) is 0.878. The molecule has 0 bridgehead atoms. The Labute approximate surface area is 155 Å². The zero-order valence-corrected chi connectivity index (χ0v) is 16.0. The minimum atomic E-state index is 0.0642. The van der Waals surface area contributed by atoms with Gasteiger partial charge in [-0.3, -0.25) is 14.4 Å². The number of nitrogens with zero attached hydrogens (tertiary/aromatic N) is 5. The van der Waals surface area contributed by atoms with Crippen LogP contribution in [0.25, 0.3) is 5.82 Å². The maximum Gasteiger partial charge on any atom is 0.259 e. The third kappa shape index (κ3) is 3.83. The van der Waals surface area contributed by atoms with Crippen LogP contribution < -0.4 is 0 Å². The van der Waals surface area contributed by atoms with Crippen LogP contribution in [0.3, 0.4) is 0 Å². The summed E-state index contributed by atoms with van der Waals surface area (Å²) in [6, 6.07) is 4.29. The highest BCUT2D eigenvalue weighted by molar-refractivity contribution is 5.97. The summed E-state index contributed by atoms with van der Waals surface area (Å²) in [6.45, 7) is 6.23. The lowest BCUT2D eigenvalue weighted by atomic mass is 10.1. The third-order valence-electron chi connectivity index (χ3n) is 5.08. The smallest absolute Gasteiger partial charge is 0.259 e. The molecule has 0 radical (unpaired) electrons. The quantitative estimate of drug-likeness (QED) is 0.756. The van der Waals surface area contributed by atoms with E-state index in [0.717, 1.165) is 51.4 Å². The second kappa shape index (κ2) is 8.51. The van der Waals surface area contributed by atoms with Gasteiger partial charge in [0.25, 0.3) is 5.91 Å². The lowest BCUT2D eigenvalue weighted by Crippen LogP contribution is -2.55. The van der Waals surface area contributed by atoms with Crippen molar-refractivity contribution >= 4 is 5.91 Å². The predicted octanol–water partition coefficient (Wildman–Crippen LogP) is 1.78. The zero-order chi connectivity index (χ0) is 18.5. The Kier molecular flexibility index (Phi) is 6.11. The van der Waals surface area contributed by atoms with E-state index in [1.807, 2.05) is 41.0 Å². The fourth-order valence-electron chi connectivity index (χ4n) is 3.72. The van der Waals surface area contributed by atoms with Crippen molar-refractivity contribution in [3.05, 3.63) is 36.3 Å². The van der Waals surface area contributed by atoms with Crippen LogP contribution in [0.5, 0.6) is 0 Å². The second-order valence-electron chi connectivity index (χ2n) is 6.82. The number of hydrogen-bond donors (Lipinski definition) is 0. The highest BCUT2D eigenvalue weighted by Gasteiger charge is 2.31.